The monoisotopic (exact) mass is 517 g/mol. The number of anilines is 3. The molecule has 15 heteroatoms. The van der Waals surface area contributed by atoms with Gasteiger partial charge in [-0.2, -0.15) is 41.3 Å². The van der Waals surface area contributed by atoms with Crippen LogP contribution in [0, 0.1) is 0 Å². The minimum Gasteiger partial charge on any atom is -0.387 e. The van der Waals surface area contributed by atoms with Crippen molar-refractivity contribution >= 4 is 17.6 Å². The number of nitrogens with one attached hydrogen (secondary N) is 1. The van der Waals surface area contributed by atoms with Crippen molar-refractivity contribution in [3.05, 3.63) is 47.9 Å². The molecule has 4 heterocycles. The molecule has 1 aliphatic rings. The van der Waals surface area contributed by atoms with Gasteiger partial charge >= 0.3 is 12.4 Å². The van der Waals surface area contributed by atoms with Gasteiger partial charge in [-0.3, -0.25) is 4.98 Å². The van der Waals surface area contributed by atoms with Gasteiger partial charge in [0.15, 0.2) is 5.82 Å². The van der Waals surface area contributed by atoms with E-state index in [4.69, 9.17) is 0 Å². The van der Waals surface area contributed by atoms with Crippen LogP contribution >= 0.6 is 0 Å². The molecule has 3 aromatic heterocycles. The Kier molecular flexibility index (Phi) is 6.45. The summed E-state index contributed by atoms with van der Waals surface area (Å²) in [7, 11) is 0. The minimum absolute atomic E-state index is 0.000942. The highest BCUT2D eigenvalue weighted by atomic mass is 19.4. The Balaban J connectivity index is 1.76. The average Bonchev–Trinajstić information content (AvgIpc) is 2.80. The van der Waals surface area contributed by atoms with E-state index in [9.17, 15) is 35.8 Å². The maximum atomic E-state index is 14.5. The maximum Gasteiger partial charge on any atom is 0.433 e. The van der Waals surface area contributed by atoms with E-state index in [0.717, 1.165) is 18.3 Å². The molecule has 192 valence electrons. The molecule has 0 amide bonds. The van der Waals surface area contributed by atoms with E-state index in [2.05, 4.69) is 30.2 Å². The topological polar surface area (TPSA) is 100.0 Å². The number of halogens is 7. The lowest BCUT2D eigenvalue weighted by Crippen LogP contribution is -2.52. The molecule has 2 atom stereocenters. The summed E-state index contributed by atoms with van der Waals surface area (Å²) in [6, 6.07) is 4.96. The van der Waals surface area contributed by atoms with Gasteiger partial charge in [0.05, 0.1) is 12.1 Å². The van der Waals surface area contributed by atoms with E-state index < -0.39 is 35.5 Å². The number of rotatable bonds is 4. The number of nitrogens with zero attached hydrogens (tertiary/aromatic N) is 6. The van der Waals surface area contributed by atoms with Crippen molar-refractivity contribution in [2.45, 2.75) is 37.5 Å². The number of alkyl halides is 7. The minimum atomic E-state index is -4.75. The molecule has 0 aliphatic carbocycles. The molecule has 8 nitrogen and oxygen atoms in total. The van der Waals surface area contributed by atoms with Crippen molar-refractivity contribution in [2.75, 3.05) is 23.3 Å². The van der Waals surface area contributed by atoms with Crippen LogP contribution in [0.25, 0.3) is 11.5 Å². The first-order valence-electron chi connectivity index (χ1n) is 10.4. The van der Waals surface area contributed by atoms with Crippen LogP contribution < -0.4 is 10.2 Å². The summed E-state index contributed by atoms with van der Waals surface area (Å²) < 4.78 is 93.1. The molecular formula is C21H18F7N7O. The van der Waals surface area contributed by atoms with Crippen molar-refractivity contribution < 1.29 is 35.8 Å². The fraction of sp³-hybridized carbons (Fsp3) is 0.381. The van der Waals surface area contributed by atoms with Gasteiger partial charge in [-0.05, 0) is 37.6 Å². The molecule has 0 saturated carbocycles. The Labute approximate surface area is 199 Å². The summed E-state index contributed by atoms with van der Waals surface area (Å²) in [5.74, 6) is -0.808. The molecule has 1 saturated heterocycles. The second-order valence-electron chi connectivity index (χ2n) is 8.26. The highest BCUT2D eigenvalue weighted by Gasteiger charge is 2.39. The van der Waals surface area contributed by atoms with Crippen molar-refractivity contribution in [1.29, 1.82) is 0 Å². The molecule has 0 radical (unpaired) electrons. The lowest BCUT2D eigenvalue weighted by atomic mass is 9.92. The van der Waals surface area contributed by atoms with Crippen LogP contribution in [0.4, 0.5) is 48.3 Å². The molecule has 4 rings (SSSR count). The first-order valence-corrected chi connectivity index (χ1v) is 10.4. The lowest BCUT2D eigenvalue weighted by molar-refractivity contribution is -0.141. The molecule has 2 N–H and O–H groups in total. The smallest absolute Gasteiger partial charge is 0.387 e. The SMILES string of the molecule is CC1(O)CCN(c2nc(Nc3ccnc(C(F)(F)F)c3)nc(-c3cccc(C(F)(F)F)n3)n2)CC1F. The first-order chi connectivity index (χ1) is 16.7. The molecule has 36 heavy (non-hydrogen) atoms. The number of pyridine rings is 2. The summed E-state index contributed by atoms with van der Waals surface area (Å²) >= 11 is 0. The van der Waals surface area contributed by atoms with Gasteiger partial charge in [-0.1, -0.05) is 6.07 Å². The Hall–Kier alpha value is -3.62. The third kappa shape index (κ3) is 5.61. The van der Waals surface area contributed by atoms with Crippen molar-refractivity contribution in [2.24, 2.45) is 0 Å². The Bertz CT molecular complexity index is 1250. The van der Waals surface area contributed by atoms with Crippen LogP contribution in [0.1, 0.15) is 24.7 Å². The quantitative estimate of drug-likeness (QED) is 0.491. The molecule has 2 unspecified atom stereocenters. The average molecular weight is 517 g/mol. The predicted molar refractivity (Wildman–Crippen MR) is 113 cm³/mol. The second-order valence-corrected chi connectivity index (χ2v) is 8.26. The van der Waals surface area contributed by atoms with E-state index >= 15 is 0 Å². The van der Waals surface area contributed by atoms with Gasteiger partial charge in [0.1, 0.15) is 23.3 Å². The zero-order chi connectivity index (χ0) is 26.3. The van der Waals surface area contributed by atoms with E-state index in [-0.39, 0.29) is 48.6 Å². The number of aromatic nitrogens is 5. The number of hydrogen-bond acceptors (Lipinski definition) is 8. The van der Waals surface area contributed by atoms with Gasteiger partial charge in [0.2, 0.25) is 11.9 Å². The van der Waals surface area contributed by atoms with Crippen molar-refractivity contribution in [1.82, 2.24) is 24.9 Å². The van der Waals surface area contributed by atoms with Crippen LogP contribution in [-0.4, -0.2) is 54.9 Å². The zero-order valence-corrected chi connectivity index (χ0v) is 18.4. The molecule has 1 aliphatic heterocycles. The molecule has 0 aromatic carbocycles. The Morgan fingerprint density at radius 2 is 1.72 bits per heavy atom. The zero-order valence-electron chi connectivity index (χ0n) is 18.4. The standard InChI is InChI=1S/C21H18F7N7O/c1-19(36)6-8-35(10-13(19)22)18-33-16(12-3-2-4-14(31-12)20(23,24)25)32-17(34-18)30-11-5-7-29-15(9-11)21(26,27)28/h2-5,7,9,13,36H,6,8,10H2,1H3,(H,29,30,32,33,34). The van der Waals surface area contributed by atoms with Crippen LogP contribution in [-0.2, 0) is 12.4 Å². The second kappa shape index (κ2) is 9.11. The third-order valence-corrected chi connectivity index (χ3v) is 5.42. The maximum absolute atomic E-state index is 14.5. The number of piperidine rings is 1. The van der Waals surface area contributed by atoms with Crippen molar-refractivity contribution in [3.8, 4) is 11.5 Å². The van der Waals surface area contributed by atoms with E-state index in [1.807, 2.05) is 0 Å². The van der Waals surface area contributed by atoms with Crippen LogP contribution in [0.2, 0.25) is 0 Å². The van der Waals surface area contributed by atoms with Gasteiger partial charge in [0.25, 0.3) is 0 Å². The van der Waals surface area contributed by atoms with Gasteiger partial charge < -0.3 is 15.3 Å². The fourth-order valence-corrected chi connectivity index (χ4v) is 3.37. The van der Waals surface area contributed by atoms with Crippen molar-refractivity contribution in [3.63, 3.8) is 0 Å². The normalized spacial score (nSPS) is 20.9. The summed E-state index contributed by atoms with van der Waals surface area (Å²) in [5, 5.41) is 12.7. The lowest BCUT2D eigenvalue weighted by Gasteiger charge is -2.38. The molecule has 0 bridgehead atoms. The molecular weight excluding hydrogens is 499 g/mol. The molecule has 0 spiro atoms. The fourth-order valence-electron chi connectivity index (χ4n) is 3.37. The first kappa shape index (κ1) is 25.5. The summed E-state index contributed by atoms with van der Waals surface area (Å²) in [6.45, 7) is 1.09. The van der Waals surface area contributed by atoms with Crippen LogP contribution in [0.5, 0.6) is 0 Å². The van der Waals surface area contributed by atoms with Gasteiger partial charge in [-0.25, -0.2) is 9.37 Å². The summed E-state index contributed by atoms with van der Waals surface area (Å²) in [6.07, 6.45) is -10.3. The van der Waals surface area contributed by atoms with Gasteiger partial charge in [0, 0.05) is 18.4 Å². The molecule has 3 aromatic rings. The summed E-state index contributed by atoms with van der Waals surface area (Å²) in [4.78, 5) is 20.4. The third-order valence-electron chi connectivity index (χ3n) is 5.42. The van der Waals surface area contributed by atoms with Crippen LogP contribution in [0.3, 0.4) is 0 Å². The molecule has 1 fully saturated rings. The van der Waals surface area contributed by atoms with Gasteiger partial charge in [-0.15, -0.1) is 0 Å². The van der Waals surface area contributed by atoms with Crippen LogP contribution in [0.15, 0.2) is 36.5 Å². The summed E-state index contributed by atoms with van der Waals surface area (Å²) in [5.41, 5.74) is -4.40. The van der Waals surface area contributed by atoms with E-state index in [0.29, 0.717) is 6.07 Å². The number of hydrogen-bond donors (Lipinski definition) is 2. The highest BCUT2D eigenvalue weighted by Crippen LogP contribution is 2.32. The van der Waals surface area contributed by atoms with E-state index in [1.165, 1.54) is 24.0 Å². The number of aliphatic hydroxyl groups is 1. The Morgan fingerprint density at radius 3 is 2.39 bits per heavy atom. The predicted octanol–water partition coefficient (Wildman–Crippen LogP) is 4.41. The van der Waals surface area contributed by atoms with E-state index in [1.54, 1.807) is 0 Å². The highest BCUT2D eigenvalue weighted by molar-refractivity contribution is 5.59. The Morgan fingerprint density at radius 1 is 1.00 bits per heavy atom. The largest absolute Gasteiger partial charge is 0.433 e.